The second kappa shape index (κ2) is 11.4. The summed E-state index contributed by atoms with van der Waals surface area (Å²) in [6.07, 6.45) is 10.9. The summed E-state index contributed by atoms with van der Waals surface area (Å²) in [6.45, 7) is 0.948. The lowest BCUT2D eigenvalue weighted by atomic mass is 10.2. The van der Waals surface area contributed by atoms with Gasteiger partial charge in [0.05, 0.1) is 19.3 Å². The van der Waals surface area contributed by atoms with E-state index in [0.717, 1.165) is 31.4 Å². The minimum atomic E-state index is -3.14. The molecule has 1 fully saturated rings. The molecule has 24 heavy (non-hydrogen) atoms. The SMILES string of the molecule is C=P(O)(OCCCCCCS)OCC1OCCC1OP(=C)(O)OC. The first kappa shape index (κ1) is 22.7. The molecular weight excluding hydrogens is 374 g/mol. The molecule has 0 aromatic heterocycles. The average Bonchev–Trinajstić information content (AvgIpc) is 2.95. The molecule has 0 aromatic rings. The van der Waals surface area contributed by atoms with Crippen molar-refractivity contribution in [1.82, 2.24) is 0 Å². The van der Waals surface area contributed by atoms with Gasteiger partial charge in [0, 0.05) is 20.1 Å². The van der Waals surface area contributed by atoms with Crippen molar-refractivity contribution >= 4 is 40.4 Å². The van der Waals surface area contributed by atoms with Crippen LogP contribution < -0.4 is 0 Å². The van der Waals surface area contributed by atoms with E-state index in [-0.39, 0.29) is 6.61 Å². The first-order chi connectivity index (χ1) is 11.3. The van der Waals surface area contributed by atoms with Crippen LogP contribution in [0.2, 0.25) is 0 Å². The Balaban J connectivity index is 2.29. The molecule has 4 unspecified atom stereocenters. The number of rotatable bonds is 13. The Kier molecular flexibility index (Phi) is 10.8. The van der Waals surface area contributed by atoms with Crippen molar-refractivity contribution in [2.45, 2.75) is 44.3 Å². The second-order valence-corrected chi connectivity index (χ2v) is 9.66. The molecule has 0 spiro atoms. The van der Waals surface area contributed by atoms with Crippen LogP contribution in [0.25, 0.3) is 0 Å². The zero-order chi connectivity index (χ0) is 18.1. The maximum atomic E-state index is 10.1. The standard InChI is InChI=1S/C14H30O7P2S/c1-17-22(2,15)21-13-8-10-18-14(13)12-20-23(3,16)19-9-6-4-5-7-11-24/h13-16,24H,2-12H2,1H3. The van der Waals surface area contributed by atoms with Crippen molar-refractivity contribution in [2.75, 3.05) is 32.7 Å². The van der Waals surface area contributed by atoms with E-state index in [9.17, 15) is 9.79 Å². The maximum absolute atomic E-state index is 10.1. The number of ether oxygens (including phenoxy) is 1. The van der Waals surface area contributed by atoms with E-state index in [2.05, 4.69) is 25.2 Å². The van der Waals surface area contributed by atoms with Crippen molar-refractivity contribution < 1.29 is 32.6 Å². The Morgan fingerprint density at radius 2 is 1.83 bits per heavy atom. The summed E-state index contributed by atoms with van der Waals surface area (Å²) >= 11 is 4.16. The Bertz CT molecular complexity index is 449. The predicted octanol–water partition coefficient (Wildman–Crippen LogP) is 2.70. The molecule has 0 aliphatic carbocycles. The van der Waals surface area contributed by atoms with Crippen LogP contribution in [0, 0.1) is 0 Å². The van der Waals surface area contributed by atoms with Crippen LogP contribution in [0.15, 0.2) is 0 Å². The summed E-state index contributed by atoms with van der Waals surface area (Å²) < 4.78 is 26.6. The van der Waals surface area contributed by atoms with Gasteiger partial charge in [-0.2, -0.15) is 12.6 Å². The van der Waals surface area contributed by atoms with Crippen molar-refractivity contribution in [3.05, 3.63) is 0 Å². The highest BCUT2D eigenvalue weighted by molar-refractivity contribution is 7.80. The summed E-state index contributed by atoms with van der Waals surface area (Å²) in [5, 5.41) is 0. The summed E-state index contributed by atoms with van der Waals surface area (Å²) in [4.78, 5) is 19.9. The molecule has 0 radical (unpaired) electrons. The fourth-order valence-corrected chi connectivity index (χ4v) is 4.00. The van der Waals surface area contributed by atoms with Crippen LogP contribution in [-0.2, 0) is 22.8 Å². The normalized spacial score (nSPS) is 26.2. The number of thiol groups is 1. The fourth-order valence-electron chi connectivity index (χ4n) is 2.16. The van der Waals surface area contributed by atoms with Gasteiger partial charge in [-0.1, -0.05) is 12.8 Å². The van der Waals surface area contributed by atoms with Gasteiger partial charge in [-0.05, 0) is 31.2 Å². The highest BCUT2D eigenvalue weighted by Gasteiger charge is 2.34. The summed E-state index contributed by atoms with van der Waals surface area (Å²) in [5.74, 6) is 0.884. The number of unbranched alkanes of at least 4 members (excludes halogenated alkanes) is 3. The molecule has 1 aliphatic rings. The molecule has 1 aliphatic heterocycles. The molecule has 10 heteroatoms. The van der Waals surface area contributed by atoms with Gasteiger partial charge in [0.15, 0.2) is 0 Å². The summed E-state index contributed by atoms with van der Waals surface area (Å²) in [6, 6.07) is 0. The second-order valence-electron chi connectivity index (χ2n) is 5.57. The zero-order valence-corrected chi connectivity index (χ0v) is 16.9. The van der Waals surface area contributed by atoms with Gasteiger partial charge in [0.1, 0.15) is 6.10 Å². The lowest BCUT2D eigenvalue weighted by molar-refractivity contribution is 0.00886. The lowest BCUT2D eigenvalue weighted by Crippen LogP contribution is -2.28. The molecule has 0 aromatic carbocycles. The Labute approximate surface area is 150 Å². The van der Waals surface area contributed by atoms with E-state index in [1.165, 1.54) is 7.11 Å². The van der Waals surface area contributed by atoms with E-state index in [1.807, 2.05) is 0 Å². The minimum absolute atomic E-state index is 0.0712. The topological polar surface area (TPSA) is 86.6 Å². The van der Waals surface area contributed by atoms with Gasteiger partial charge in [-0.25, -0.2) is 0 Å². The monoisotopic (exact) mass is 404 g/mol. The summed E-state index contributed by atoms with van der Waals surface area (Å²) in [7, 11) is -4.89. The molecule has 144 valence electrons. The highest BCUT2D eigenvalue weighted by Crippen LogP contribution is 2.47. The minimum Gasteiger partial charge on any atom is -0.373 e. The van der Waals surface area contributed by atoms with Crippen LogP contribution in [0.4, 0.5) is 0 Å². The Hall–Kier alpha value is 0.670. The smallest absolute Gasteiger partial charge is 0.248 e. The third-order valence-corrected chi connectivity index (χ3v) is 6.15. The van der Waals surface area contributed by atoms with Gasteiger partial charge in [-0.3, -0.25) is 0 Å². The van der Waals surface area contributed by atoms with Crippen LogP contribution in [0.5, 0.6) is 0 Å². The molecular formula is C14H30O7P2S. The molecule has 7 nitrogen and oxygen atoms in total. The molecule has 1 heterocycles. The van der Waals surface area contributed by atoms with Crippen molar-refractivity contribution in [2.24, 2.45) is 0 Å². The lowest BCUT2D eigenvalue weighted by Gasteiger charge is -2.26. The average molecular weight is 404 g/mol. The first-order valence-electron chi connectivity index (χ1n) is 7.97. The number of hydrogen-bond acceptors (Lipinski definition) is 8. The van der Waals surface area contributed by atoms with Crippen molar-refractivity contribution in [3.63, 3.8) is 0 Å². The molecule has 4 atom stereocenters. The maximum Gasteiger partial charge on any atom is 0.248 e. The molecule has 2 N–H and O–H groups in total. The molecule has 1 rings (SSSR count). The summed E-state index contributed by atoms with van der Waals surface area (Å²) in [5.41, 5.74) is 0. The highest BCUT2D eigenvalue weighted by atomic mass is 32.1. The van der Waals surface area contributed by atoms with Gasteiger partial charge in [0.25, 0.3) is 0 Å². The van der Waals surface area contributed by atoms with Gasteiger partial charge >= 0.3 is 0 Å². The van der Waals surface area contributed by atoms with Gasteiger partial charge < -0.3 is 32.6 Å². The van der Waals surface area contributed by atoms with E-state index in [4.69, 9.17) is 22.8 Å². The predicted molar refractivity (Wildman–Crippen MR) is 103 cm³/mol. The molecule has 0 saturated carbocycles. The van der Waals surface area contributed by atoms with Crippen molar-refractivity contribution in [1.29, 1.82) is 0 Å². The van der Waals surface area contributed by atoms with Crippen LogP contribution in [0.3, 0.4) is 0 Å². The molecule has 0 bridgehead atoms. The Morgan fingerprint density at radius 1 is 1.12 bits per heavy atom. The van der Waals surface area contributed by atoms with E-state index in [1.54, 1.807) is 0 Å². The van der Waals surface area contributed by atoms with E-state index < -0.39 is 27.3 Å². The third kappa shape index (κ3) is 9.39. The van der Waals surface area contributed by atoms with Crippen LogP contribution in [0.1, 0.15) is 32.1 Å². The van der Waals surface area contributed by atoms with E-state index in [0.29, 0.717) is 19.6 Å². The van der Waals surface area contributed by atoms with E-state index >= 15 is 0 Å². The van der Waals surface area contributed by atoms with Gasteiger partial charge in [0.2, 0.25) is 15.1 Å². The molecule has 1 saturated heterocycles. The third-order valence-electron chi connectivity index (χ3n) is 3.52. The van der Waals surface area contributed by atoms with Crippen molar-refractivity contribution in [3.8, 4) is 0 Å². The number of hydrogen-bond donors (Lipinski definition) is 3. The Morgan fingerprint density at radius 3 is 2.50 bits per heavy atom. The largest absolute Gasteiger partial charge is 0.373 e. The first-order valence-corrected chi connectivity index (χ1v) is 12.1. The van der Waals surface area contributed by atoms with Crippen LogP contribution in [-0.4, -0.2) is 67.3 Å². The van der Waals surface area contributed by atoms with Gasteiger partial charge in [-0.15, -0.1) is 0 Å². The fraction of sp³-hybridized carbons (Fsp3) is 0.857. The zero-order valence-electron chi connectivity index (χ0n) is 14.2. The molecule has 0 amide bonds. The van der Waals surface area contributed by atoms with Crippen LogP contribution >= 0.6 is 27.8 Å². The quantitative estimate of drug-likeness (QED) is 0.247.